The van der Waals surface area contributed by atoms with Crippen molar-refractivity contribution in [2.24, 2.45) is 0 Å². The highest BCUT2D eigenvalue weighted by atomic mass is 32.2. The van der Waals surface area contributed by atoms with Crippen molar-refractivity contribution in [3.63, 3.8) is 0 Å². The van der Waals surface area contributed by atoms with Crippen LogP contribution in [0, 0.1) is 5.82 Å². The van der Waals surface area contributed by atoms with E-state index >= 15 is 0 Å². The molecule has 0 spiro atoms. The van der Waals surface area contributed by atoms with Crippen LogP contribution in [0.2, 0.25) is 0 Å². The van der Waals surface area contributed by atoms with Gasteiger partial charge in [-0.25, -0.2) is 9.40 Å². The molecular weight excluding hydrogens is 411 g/mol. The Morgan fingerprint density at radius 1 is 0.935 bits per heavy atom. The third-order valence-electron chi connectivity index (χ3n) is 5.78. The fraction of sp³-hybridized carbons (Fsp3) is 0.680. The van der Waals surface area contributed by atoms with Crippen molar-refractivity contribution in [1.29, 1.82) is 0 Å². The summed E-state index contributed by atoms with van der Waals surface area (Å²) in [6, 6.07) is 6.09. The molecule has 1 fully saturated rings. The summed E-state index contributed by atoms with van der Waals surface area (Å²) in [6.45, 7) is 2.26. The molecule has 0 aliphatic carbocycles. The predicted octanol–water partition coefficient (Wildman–Crippen LogP) is 6.91. The third-order valence-corrected chi connectivity index (χ3v) is 6.99. The number of hydrazine groups is 1. The van der Waals surface area contributed by atoms with Crippen LogP contribution < -0.4 is 5.43 Å². The molecule has 1 saturated heterocycles. The molecule has 1 unspecified atom stereocenters. The first-order chi connectivity index (χ1) is 15.1. The highest BCUT2D eigenvalue weighted by molar-refractivity contribution is 8.00. The van der Waals surface area contributed by atoms with Gasteiger partial charge in [0.15, 0.2) is 0 Å². The number of rotatable bonds is 16. The number of nitrogens with zero attached hydrogens (tertiary/aromatic N) is 1. The standard InChI is InChI=1S/C25H39FN2O2S/c1-2-3-4-5-6-7-8-9-10-11-12-13-14-15-23(29)27-28-24(30)20-31-25(28)21-16-18-22(26)19-17-21/h16-19,25H,2-15,20H2,1H3,(H,27,29). The van der Waals surface area contributed by atoms with Gasteiger partial charge in [0.2, 0.25) is 5.91 Å². The van der Waals surface area contributed by atoms with Crippen molar-refractivity contribution in [1.82, 2.24) is 10.4 Å². The molecule has 1 aliphatic rings. The molecule has 1 heterocycles. The zero-order valence-electron chi connectivity index (χ0n) is 19.0. The van der Waals surface area contributed by atoms with E-state index in [2.05, 4.69) is 12.3 Å². The van der Waals surface area contributed by atoms with E-state index in [1.165, 1.54) is 99.5 Å². The van der Waals surface area contributed by atoms with E-state index in [-0.39, 0.29) is 23.0 Å². The number of hydrogen-bond acceptors (Lipinski definition) is 3. The summed E-state index contributed by atoms with van der Waals surface area (Å²) in [5.41, 5.74) is 3.58. The van der Waals surface area contributed by atoms with Crippen LogP contribution in [0.3, 0.4) is 0 Å². The minimum atomic E-state index is -0.309. The lowest BCUT2D eigenvalue weighted by molar-refractivity contribution is -0.139. The molecule has 2 rings (SSSR count). The first-order valence-corrected chi connectivity index (χ1v) is 13.2. The zero-order chi connectivity index (χ0) is 22.3. The molecule has 174 valence electrons. The van der Waals surface area contributed by atoms with Gasteiger partial charge in [-0.05, 0) is 24.1 Å². The monoisotopic (exact) mass is 450 g/mol. The molecule has 1 N–H and O–H groups in total. The fourth-order valence-electron chi connectivity index (χ4n) is 3.91. The Balaban J connectivity index is 1.51. The summed E-state index contributed by atoms with van der Waals surface area (Å²) in [5.74, 6) is -0.221. The Morgan fingerprint density at radius 2 is 1.45 bits per heavy atom. The van der Waals surface area contributed by atoms with E-state index in [4.69, 9.17) is 0 Å². The normalized spacial score (nSPS) is 16.1. The lowest BCUT2D eigenvalue weighted by atomic mass is 10.0. The van der Waals surface area contributed by atoms with Gasteiger partial charge in [-0.3, -0.25) is 15.0 Å². The Bertz CT molecular complexity index is 653. The van der Waals surface area contributed by atoms with Gasteiger partial charge < -0.3 is 0 Å². The molecule has 6 heteroatoms. The molecule has 1 aromatic rings. The molecule has 31 heavy (non-hydrogen) atoms. The number of amides is 2. The van der Waals surface area contributed by atoms with Crippen molar-refractivity contribution in [3.8, 4) is 0 Å². The van der Waals surface area contributed by atoms with Crippen LogP contribution in [0.5, 0.6) is 0 Å². The number of carbonyl (C=O) groups excluding carboxylic acids is 2. The summed E-state index contributed by atoms with van der Waals surface area (Å²) >= 11 is 1.45. The van der Waals surface area contributed by atoms with E-state index in [0.29, 0.717) is 12.2 Å². The van der Waals surface area contributed by atoms with Crippen molar-refractivity contribution >= 4 is 23.6 Å². The molecule has 0 aromatic heterocycles. The molecule has 1 aliphatic heterocycles. The molecule has 1 atom stereocenters. The number of unbranched alkanes of at least 4 members (excludes halogenated alkanes) is 12. The molecular formula is C25H39FN2O2S. The van der Waals surface area contributed by atoms with Gasteiger partial charge in [-0.1, -0.05) is 96.1 Å². The van der Waals surface area contributed by atoms with E-state index in [1.54, 1.807) is 12.1 Å². The maximum atomic E-state index is 13.2. The van der Waals surface area contributed by atoms with E-state index in [1.807, 2.05) is 0 Å². The van der Waals surface area contributed by atoms with Crippen LogP contribution in [0.15, 0.2) is 24.3 Å². The first-order valence-electron chi connectivity index (χ1n) is 12.1. The highest BCUT2D eigenvalue weighted by Gasteiger charge is 2.34. The fourth-order valence-corrected chi connectivity index (χ4v) is 5.02. The van der Waals surface area contributed by atoms with Crippen LogP contribution in [0.4, 0.5) is 4.39 Å². The third kappa shape index (κ3) is 10.1. The molecule has 1 aromatic carbocycles. The van der Waals surface area contributed by atoms with Crippen molar-refractivity contribution in [2.45, 2.75) is 102 Å². The van der Waals surface area contributed by atoms with Gasteiger partial charge in [0.25, 0.3) is 5.91 Å². The van der Waals surface area contributed by atoms with Gasteiger partial charge >= 0.3 is 0 Å². The van der Waals surface area contributed by atoms with Gasteiger partial charge in [0.1, 0.15) is 11.2 Å². The van der Waals surface area contributed by atoms with Crippen molar-refractivity contribution in [2.75, 3.05) is 5.75 Å². The summed E-state index contributed by atoms with van der Waals surface area (Å²) in [4.78, 5) is 24.5. The zero-order valence-corrected chi connectivity index (χ0v) is 19.9. The Kier molecular flexibility index (Phi) is 12.7. The summed E-state index contributed by atoms with van der Waals surface area (Å²) < 4.78 is 13.2. The Morgan fingerprint density at radius 3 is 2.00 bits per heavy atom. The molecule has 2 amide bonds. The Hall–Kier alpha value is -1.56. The maximum absolute atomic E-state index is 13.2. The van der Waals surface area contributed by atoms with Gasteiger partial charge in [-0.2, -0.15) is 0 Å². The molecule has 4 nitrogen and oxygen atoms in total. The van der Waals surface area contributed by atoms with E-state index in [9.17, 15) is 14.0 Å². The number of carbonyl (C=O) groups is 2. The quantitative estimate of drug-likeness (QED) is 0.278. The largest absolute Gasteiger partial charge is 0.273 e. The minimum absolute atomic E-state index is 0.113. The lowest BCUT2D eigenvalue weighted by Crippen LogP contribution is -2.44. The second kappa shape index (κ2) is 15.3. The number of hydrogen-bond donors (Lipinski definition) is 1. The minimum Gasteiger partial charge on any atom is -0.273 e. The van der Waals surface area contributed by atoms with Gasteiger partial charge in [-0.15, -0.1) is 11.8 Å². The number of thioether (sulfide) groups is 1. The van der Waals surface area contributed by atoms with Crippen LogP contribution in [0.1, 0.15) is 108 Å². The first kappa shape index (κ1) is 25.7. The van der Waals surface area contributed by atoms with Crippen molar-refractivity contribution < 1.29 is 14.0 Å². The Labute approximate surface area is 191 Å². The lowest BCUT2D eigenvalue weighted by Gasteiger charge is -2.24. The second-order valence-corrected chi connectivity index (χ2v) is 9.57. The maximum Gasteiger partial charge on any atom is 0.252 e. The molecule has 0 saturated carbocycles. The second-order valence-electron chi connectivity index (χ2n) is 8.51. The van der Waals surface area contributed by atoms with E-state index < -0.39 is 0 Å². The average molecular weight is 451 g/mol. The van der Waals surface area contributed by atoms with Gasteiger partial charge in [0.05, 0.1) is 5.75 Å². The number of halogens is 1. The van der Waals surface area contributed by atoms with Crippen LogP contribution >= 0.6 is 11.8 Å². The smallest absolute Gasteiger partial charge is 0.252 e. The number of nitrogens with one attached hydrogen (secondary N) is 1. The summed E-state index contributed by atoms with van der Waals surface area (Å²) in [7, 11) is 0. The summed E-state index contributed by atoms with van der Waals surface area (Å²) in [6.07, 6.45) is 16.9. The van der Waals surface area contributed by atoms with E-state index in [0.717, 1.165) is 18.4 Å². The topological polar surface area (TPSA) is 49.4 Å². The van der Waals surface area contributed by atoms with Crippen LogP contribution in [-0.4, -0.2) is 22.6 Å². The van der Waals surface area contributed by atoms with Crippen LogP contribution in [-0.2, 0) is 9.59 Å². The predicted molar refractivity (Wildman–Crippen MR) is 127 cm³/mol. The molecule has 0 radical (unpaired) electrons. The average Bonchev–Trinajstić information content (AvgIpc) is 3.12. The highest BCUT2D eigenvalue weighted by Crippen LogP contribution is 2.37. The van der Waals surface area contributed by atoms with Gasteiger partial charge in [0, 0.05) is 6.42 Å². The summed E-state index contributed by atoms with van der Waals surface area (Å²) in [5, 5.41) is 1.12. The molecule has 0 bridgehead atoms. The van der Waals surface area contributed by atoms with Crippen LogP contribution in [0.25, 0.3) is 0 Å². The number of benzene rings is 1. The van der Waals surface area contributed by atoms with Crippen molar-refractivity contribution in [3.05, 3.63) is 35.6 Å². The SMILES string of the molecule is CCCCCCCCCCCCCCCC(=O)NN1C(=O)CSC1c1ccc(F)cc1.